The van der Waals surface area contributed by atoms with E-state index in [1.165, 1.54) is 6.08 Å². The van der Waals surface area contributed by atoms with Crippen molar-refractivity contribution in [2.24, 2.45) is 0 Å². The van der Waals surface area contributed by atoms with Crippen LogP contribution in [0.4, 0.5) is 15.5 Å². The molecule has 2 aliphatic rings. The Morgan fingerprint density at radius 1 is 0.964 bits per heavy atom. The number of anilines is 1. The molecule has 1 N–H and O–H groups in total. The number of imide groups is 1. The molecule has 5 rings (SSSR count). The minimum Gasteiger partial charge on any atom is -0.444 e. The number of pyridine rings is 1. The molecule has 1 saturated carbocycles. The molecule has 2 fully saturated rings. The summed E-state index contributed by atoms with van der Waals surface area (Å²) in [5.74, 6) is -0.250. The number of ether oxygens (including phenoxy) is 1. The number of nitrogens with one attached hydrogen (secondary N) is 1. The van der Waals surface area contributed by atoms with Crippen LogP contribution in [-0.4, -0.2) is 77.6 Å². The number of aromatic nitrogens is 3. The molecule has 1 aliphatic heterocycles. The van der Waals surface area contributed by atoms with E-state index in [4.69, 9.17) is 23.3 Å². The van der Waals surface area contributed by atoms with E-state index in [1.54, 1.807) is 70.0 Å². The molecule has 0 bridgehead atoms. The van der Waals surface area contributed by atoms with Gasteiger partial charge in [0.15, 0.2) is 0 Å². The van der Waals surface area contributed by atoms with Crippen molar-refractivity contribution in [3.63, 3.8) is 0 Å². The lowest BCUT2D eigenvalue weighted by atomic mass is 9.90. The van der Waals surface area contributed by atoms with Crippen molar-refractivity contribution in [3.05, 3.63) is 63.6 Å². The third-order valence-electron chi connectivity index (χ3n) is 8.00. The molecule has 3 aromatic rings. The topological polar surface area (TPSA) is 162 Å². The Morgan fingerprint density at radius 3 is 2.27 bits per heavy atom. The number of carbonyl (C=O) groups is 3. The summed E-state index contributed by atoms with van der Waals surface area (Å²) in [5, 5.41) is 6.88. The lowest BCUT2D eigenvalue weighted by Crippen LogP contribution is -2.45. The zero-order valence-corrected chi connectivity index (χ0v) is 35.4. The van der Waals surface area contributed by atoms with E-state index >= 15 is 0 Å². The second-order valence-corrected chi connectivity index (χ2v) is 19.6. The number of nitrogens with zero attached hydrogens (tertiary/aromatic N) is 5. The number of rotatable bonds is 12. The molecule has 14 nitrogen and oxygen atoms in total. The van der Waals surface area contributed by atoms with Gasteiger partial charge in [-0.3, -0.25) is 33.0 Å². The second kappa shape index (κ2) is 17.2. The number of phosphoric ester groups is 1. The van der Waals surface area contributed by atoms with Crippen molar-refractivity contribution in [1.29, 1.82) is 0 Å². The van der Waals surface area contributed by atoms with Gasteiger partial charge in [-0.2, -0.15) is 11.3 Å². The first-order chi connectivity index (χ1) is 25.7. The van der Waals surface area contributed by atoms with E-state index in [2.05, 4.69) is 20.7 Å². The second-order valence-electron chi connectivity index (χ2n) is 16.3. The van der Waals surface area contributed by atoms with Crippen molar-refractivity contribution in [3.8, 4) is 11.3 Å². The van der Waals surface area contributed by atoms with Crippen LogP contribution in [0.5, 0.6) is 0 Å². The smallest absolute Gasteiger partial charge is 0.444 e. The number of hydrogen-bond acceptors (Lipinski definition) is 14. The van der Waals surface area contributed by atoms with Crippen molar-refractivity contribution in [2.75, 3.05) is 12.0 Å². The zero-order valence-electron chi connectivity index (χ0n) is 32.9. The molecule has 1 aliphatic carbocycles. The average molecular weight is 815 g/mol. The predicted molar refractivity (Wildman–Crippen MR) is 214 cm³/mol. The molecule has 298 valence electrons. The molecule has 4 heterocycles. The highest BCUT2D eigenvalue weighted by atomic mass is 32.2. The average Bonchev–Trinajstić information content (AvgIpc) is 3.69. The standard InChI is InChI=1S/C38H51N6O8PS2/c1-36(2,3)50-34(46)43(22-28-11-10-12-30(40-28)25-18-20-54-23-25)29-15-13-26(14-16-29)41-33-39-19-17-27(42-33)21-31-32(45)44(35(47)55-31)24-49-53(48,51-37(4,5)6)52-38(7,8)9/h10-12,17-21,23,26,29H,13-16,22,24H2,1-9H3,(H,39,41,42)/b31-21-/t26-,29-. The van der Waals surface area contributed by atoms with Gasteiger partial charge in [0.25, 0.3) is 11.1 Å². The van der Waals surface area contributed by atoms with Gasteiger partial charge in [0.05, 0.1) is 39.7 Å². The fourth-order valence-electron chi connectivity index (χ4n) is 5.83. The Labute approximate surface area is 331 Å². The van der Waals surface area contributed by atoms with Gasteiger partial charge in [-0.05, 0) is 135 Å². The monoisotopic (exact) mass is 814 g/mol. The maximum absolute atomic E-state index is 13.5. The Kier molecular flexibility index (Phi) is 13.3. The molecule has 17 heteroatoms. The van der Waals surface area contributed by atoms with Crippen LogP contribution in [0, 0.1) is 0 Å². The van der Waals surface area contributed by atoms with Crippen molar-refractivity contribution in [1.82, 2.24) is 24.8 Å². The Morgan fingerprint density at radius 2 is 1.65 bits per heavy atom. The lowest BCUT2D eigenvalue weighted by molar-refractivity contribution is -0.125. The number of phosphoric acid groups is 1. The molecule has 0 atom stereocenters. The highest BCUT2D eigenvalue weighted by molar-refractivity contribution is 8.18. The molecule has 55 heavy (non-hydrogen) atoms. The van der Waals surface area contributed by atoms with Crippen LogP contribution in [0.15, 0.2) is 52.2 Å². The number of hydrogen-bond donors (Lipinski definition) is 1. The fourth-order valence-corrected chi connectivity index (χ4v) is 9.03. The Hall–Kier alpha value is -3.66. The van der Waals surface area contributed by atoms with E-state index in [0.29, 0.717) is 18.2 Å². The maximum atomic E-state index is 13.5. The van der Waals surface area contributed by atoms with E-state index in [0.717, 1.165) is 59.3 Å². The summed E-state index contributed by atoms with van der Waals surface area (Å²) in [4.78, 5) is 56.2. The van der Waals surface area contributed by atoms with Crippen LogP contribution in [0.25, 0.3) is 17.3 Å². The van der Waals surface area contributed by atoms with Crippen molar-refractivity contribution < 1.29 is 37.3 Å². The first-order valence-electron chi connectivity index (χ1n) is 18.1. The van der Waals surface area contributed by atoms with E-state index in [-0.39, 0.29) is 23.1 Å². The third-order valence-corrected chi connectivity index (χ3v) is 11.6. The van der Waals surface area contributed by atoms with Crippen LogP contribution >= 0.6 is 30.9 Å². The van der Waals surface area contributed by atoms with Gasteiger partial charge < -0.3 is 10.1 Å². The minimum absolute atomic E-state index is 0.0396. The summed E-state index contributed by atoms with van der Waals surface area (Å²) >= 11 is 2.34. The van der Waals surface area contributed by atoms with Crippen LogP contribution in [0.3, 0.4) is 0 Å². The fraction of sp³-hybridized carbons (Fsp3) is 0.526. The minimum atomic E-state index is -4.16. The van der Waals surface area contributed by atoms with Crippen molar-refractivity contribution >= 4 is 60.2 Å². The Bertz CT molecular complexity index is 1890. The Balaban J connectivity index is 1.21. The van der Waals surface area contributed by atoms with Gasteiger partial charge in [-0.25, -0.2) is 24.2 Å². The number of carbonyl (C=O) groups excluding carboxylic acids is 3. The van der Waals surface area contributed by atoms with Gasteiger partial charge in [0.2, 0.25) is 5.95 Å². The summed E-state index contributed by atoms with van der Waals surface area (Å²) < 4.78 is 36.0. The first-order valence-corrected chi connectivity index (χ1v) is 21.4. The number of thioether (sulfide) groups is 1. The first kappa shape index (κ1) is 42.5. The zero-order chi connectivity index (χ0) is 40.2. The molecule has 3 aromatic heterocycles. The van der Waals surface area contributed by atoms with Gasteiger partial charge in [0, 0.05) is 29.2 Å². The summed E-state index contributed by atoms with van der Waals surface area (Å²) in [5.41, 5.74) is 0.701. The van der Waals surface area contributed by atoms with E-state index < -0.39 is 42.5 Å². The molecule has 0 spiro atoms. The summed E-state index contributed by atoms with van der Waals surface area (Å²) in [6, 6.07) is 9.51. The third kappa shape index (κ3) is 12.7. The quantitative estimate of drug-likeness (QED) is 0.136. The largest absolute Gasteiger partial charge is 0.477 e. The van der Waals surface area contributed by atoms with Gasteiger partial charge in [0.1, 0.15) is 12.3 Å². The molecule has 0 unspecified atom stereocenters. The van der Waals surface area contributed by atoms with Crippen LogP contribution in [0.1, 0.15) is 99.4 Å². The number of thiophene rings is 1. The molecule has 0 radical (unpaired) electrons. The van der Waals surface area contributed by atoms with E-state index in [1.807, 2.05) is 50.4 Å². The normalized spacial score (nSPS) is 19.2. The van der Waals surface area contributed by atoms with Crippen LogP contribution < -0.4 is 5.32 Å². The van der Waals surface area contributed by atoms with Gasteiger partial charge >= 0.3 is 13.9 Å². The van der Waals surface area contributed by atoms with Crippen molar-refractivity contribution in [2.45, 2.75) is 123 Å². The molecule has 0 aromatic carbocycles. The molecule has 1 saturated heterocycles. The summed E-state index contributed by atoms with van der Waals surface area (Å²) in [7, 11) is -4.16. The SMILES string of the molecule is CC(C)(C)OC(=O)N(Cc1cccc(-c2ccsc2)n1)[C@H]1CC[C@H](Nc2nccc(/C=C3\SC(=O)N(COP(=O)(OC(C)(C)C)OC(C)(C)C)C3=O)n2)CC1. The summed E-state index contributed by atoms with van der Waals surface area (Å²) in [6.45, 7) is 15.5. The molecule has 3 amide bonds. The highest BCUT2D eigenvalue weighted by Gasteiger charge is 2.41. The van der Waals surface area contributed by atoms with E-state index in [9.17, 15) is 18.9 Å². The molecular weight excluding hydrogens is 764 g/mol. The maximum Gasteiger partial charge on any atom is 0.477 e. The van der Waals surface area contributed by atoms with Crippen LogP contribution in [0.2, 0.25) is 0 Å². The highest BCUT2D eigenvalue weighted by Crippen LogP contribution is 2.55. The molecular formula is C38H51N6O8PS2. The predicted octanol–water partition coefficient (Wildman–Crippen LogP) is 9.51. The van der Waals surface area contributed by atoms with Gasteiger partial charge in [-0.1, -0.05) is 6.07 Å². The number of amides is 3. The summed E-state index contributed by atoms with van der Waals surface area (Å²) in [6.07, 6.45) is 5.66. The lowest BCUT2D eigenvalue weighted by Gasteiger charge is -2.37. The van der Waals surface area contributed by atoms with Crippen LogP contribution in [-0.2, 0) is 34.2 Å². The van der Waals surface area contributed by atoms with Gasteiger partial charge in [-0.15, -0.1) is 0 Å².